The number of sulfone groups is 1. The third-order valence-electron chi connectivity index (χ3n) is 2.86. The van der Waals surface area contributed by atoms with E-state index in [4.69, 9.17) is 0 Å². The zero-order chi connectivity index (χ0) is 13.1. The van der Waals surface area contributed by atoms with Gasteiger partial charge in [-0.25, -0.2) is 8.42 Å². The van der Waals surface area contributed by atoms with E-state index < -0.39 is 14.6 Å². The van der Waals surface area contributed by atoms with Crippen LogP contribution in [0, 0.1) is 5.92 Å². The Morgan fingerprint density at radius 2 is 1.65 bits per heavy atom. The molecule has 0 heterocycles. The first-order valence-electron chi connectivity index (χ1n) is 5.98. The highest BCUT2D eigenvalue weighted by Gasteiger charge is 2.30. The maximum Gasteiger partial charge on any atom is 0.155 e. The molecule has 17 heavy (non-hydrogen) atoms. The van der Waals surface area contributed by atoms with Gasteiger partial charge in [0.25, 0.3) is 0 Å². The molecule has 1 unspecified atom stereocenters. The zero-order valence-corrected chi connectivity index (χ0v) is 11.9. The van der Waals surface area contributed by atoms with Crippen LogP contribution in [0.3, 0.4) is 0 Å². The largest absolute Gasteiger partial charge is 0.228 e. The van der Waals surface area contributed by atoms with E-state index in [2.05, 4.69) is 0 Å². The summed E-state index contributed by atoms with van der Waals surface area (Å²) in [7, 11) is -3.02. The molecule has 1 aromatic rings. The fourth-order valence-electron chi connectivity index (χ4n) is 1.70. The molecule has 0 saturated carbocycles. The van der Waals surface area contributed by atoms with Gasteiger partial charge in [-0.15, -0.1) is 0 Å². The summed E-state index contributed by atoms with van der Waals surface area (Å²) in [5, 5.41) is 0. The molecule has 1 rings (SSSR count). The van der Waals surface area contributed by atoms with Gasteiger partial charge in [-0.05, 0) is 38.7 Å². The van der Waals surface area contributed by atoms with E-state index in [-0.39, 0.29) is 11.7 Å². The molecule has 0 fully saturated rings. The van der Waals surface area contributed by atoms with E-state index in [1.807, 2.05) is 37.3 Å². The lowest BCUT2D eigenvalue weighted by atomic mass is 10.0. The van der Waals surface area contributed by atoms with Crippen molar-refractivity contribution < 1.29 is 8.42 Å². The molecule has 0 N–H and O–H groups in total. The van der Waals surface area contributed by atoms with Crippen molar-refractivity contribution in [1.82, 2.24) is 0 Å². The first kappa shape index (κ1) is 14.2. The van der Waals surface area contributed by atoms with Gasteiger partial charge in [-0.2, -0.15) is 0 Å². The van der Waals surface area contributed by atoms with Crippen molar-refractivity contribution in [2.75, 3.05) is 5.75 Å². The summed E-state index contributed by atoms with van der Waals surface area (Å²) in [5.41, 5.74) is 1.20. The maximum absolute atomic E-state index is 12.1. The molecule has 0 saturated heterocycles. The molecule has 0 aliphatic heterocycles. The topological polar surface area (TPSA) is 34.1 Å². The Morgan fingerprint density at radius 1 is 1.12 bits per heavy atom. The van der Waals surface area contributed by atoms with Gasteiger partial charge in [0.1, 0.15) is 0 Å². The lowest BCUT2D eigenvalue weighted by Gasteiger charge is -2.22. The quantitative estimate of drug-likeness (QED) is 0.827. The highest BCUT2D eigenvalue weighted by molar-refractivity contribution is 7.92. The van der Waals surface area contributed by atoms with Crippen LogP contribution in [0.5, 0.6) is 0 Å². The molecule has 0 aliphatic rings. The fraction of sp³-hybridized carbons (Fsp3) is 0.571. The van der Waals surface area contributed by atoms with Crippen LogP contribution in [-0.2, 0) is 16.3 Å². The van der Waals surface area contributed by atoms with E-state index in [0.29, 0.717) is 0 Å². The van der Waals surface area contributed by atoms with E-state index in [1.54, 1.807) is 20.8 Å². The number of hydrogen-bond donors (Lipinski definition) is 0. The van der Waals surface area contributed by atoms with Gasteiger partial charge in [-0.3, -0.25) is 0 Å². The van der Waals surface area contributed by atoms with Gasteiger partial charge >= 0.3 is 0 Å². The van der Waals surface area contributed by atoms with Crippen LogP contribution < -0.4 is 0 Å². The van der Waals surface area contributed by atoms with Crippen molar-refractivity contribution in [3.05, 3.63) is 35.9 Å². The summed E-state index contributed by atoms with van der Waals surface area (Å²) in [6.45, 7) is 7.28. The minimum Gasteiger partial charge on any atom is -0.228 e. The van der Waals surface area contributed by atoms with E-state index >= 15 is 0 Å². The molecule has 2 nitrogen and oxygen atoms in total. The van der Waals surface area contributed by atoms with Crippen molar-refractivity contribution in [2.45, 2.75) is 38.9 Å². The molecule has 0 amide bonds. The number of rotatable bonds is 4. The minimum absolute atomic E-state index is 0.154. The third kappa shape index (κ3) is 4.15. The van der Waals surface area contributed by atoms with Crippen molar-refractivity contribution in [2.24, 2.45) is 5.92 Å². The monoisotopic (exact) mass is 254 g/mol. The molecule has 0 radical (unpaired) electrons. The Balaban J connectivity index is 2.66. The summed E-state index contributed by atoms with van der Waals surface area (Å²) >= 11 is 0. The summed E-state index contributed by atoms with van der Waals surface area (Å²) in [4.78, 5) is 0. The Kier molecular flexibility index (Phi) is 4.36. The standard InChI is InChI=1S/C14H22O2S/c1-12(10-13-8-6-5-7-9-13)11-17(15,16)14(2,3)4/h5-9,12H,10-11H2,1-4H3. The van der Waals surface area contributed by atoms with Crippen molar-refractivity contribution in [1.29, 1.82) is 0 Å². The molecule has 3 heteroatoms. The predicted molar refractivity (Wildman–Crippen MR) is 72.8 cm³/mol. The van der Waals surface area contributed by atoms with Crippen LogP contribution in [0.2, 0.25) is 0 Å². The zero-order valence-electron chi connectivity index (χ0n) is 11.1. The average Bonchev–Trinajstić information content (AvgIpc) is 2.16. The smallest absolute Gasteiger partial charge is 0.155 e. The first-order chi connectivity index (χ1) is 7.72. The van der Waals surface area contributed by atoms with Crippen molar-refractivity contribution in [3.8, 4) is 0 Å². The number of hydrogen-bond acceptors (Lipinski definition) is 2. The normalized spacial score (nSPS) is 14.6. The van der Waals surface area contributed by atoms with Crippen LogP contribution in [0.15, 0.2) is 30.3 Å². The summed E-state index contributed by atoms with van der Waals surface area (Å²) in [6, 6.07) is 10.0. The molecule has 0 aliphatic carbocycles. The SMILES string of the molecule is CC(Cc1ccccc1)CS(=O)(=O)C(C)(C)C. The Morgan fingerprint density at radius 3 is 2.12 bits per heavy atom. The first-order valence-corrected chi connectivity index (χ1v) is 7.64. The molecule has 0 spiro atoms. The maximum atomic E-state index is 12.1. The average molecular weight is 254 g/mol. The van der Waals surface area contributed by atoms with Crippen LogP contribution in [0.1, 0.15) is 33.3 Å². The Hall–Kier alpha value is -0.830. The minimum atomic E-state index is -3.02. The van der Waals surface area contributed by atoms with Crippen molar-refractivity contribution in [3.63, 3.8) is 0 Å². The van der Waals surface area contributed by atoms with Gasteiger partial charge in [0.2, 0.25) is 0 Å². The van der Waals surface area contributed by atoms with E-state index in [1.165, 1.54) is 5.56 Å². The molecular weight excluding hydrogens is 232 g/mol. The van der Waals surface area contributed by atoms with E-state index in [0.717, 1.165) is 6.42 Å². The van der Waals surface area contributed by atoms with Crippen LogP contribution in [0.4, 0.5) is 0 Å². The van der Waals surface area contributed by atoms with Gasteiger partial charge in [-0.1, -0.05) is 37.3 Å². The second-order valence-electron chi connectivity index (χ2n) is 5.69. The van der Waals surface area contributed by atoms with Gasteiger partial charge in [0, 0.05) is 0 Å². The molecular formula is C14H22O2S. The number of benzene rings is 1. The van der Waals surface area contributed by atoms with Crippen LogP contribution >= 0.6 is 0 Å². The van der Waals surface area contributed by atoms with E-state index in [9.17, 15) is 8.42 Å². The molecule has 0 aromatic heterocycles. The highest BCUT2D eigenvalue weighted by atomic mass is 32.2. The summed E-state index contributed by atoms with van der Waals surface area (Å²) in [5.74, 6) is 0.410. The Labute approximate surface area is 105 Å². The fourth-order valence-corrected chi connectivity index (χ4v) is 3.07. The highest BCUT2D eigenvalue weighted by Crippen LogP contribution is 2.20. The molecule has 96 valence electrons. The molecule has 1 atom stereocenters. The Bertz CT molecular complexity index is 441. The second-order valence-corrected chi connectivity index (χ2v) is 8.48. The van der Waals surface area contributed by atoms with Crippen molar-refractivity contribution >= 4 is 9.84 Å². The summed E-state index contributed by atoms with van der Waals surface area (Å²) in [6.07, 6.45) is 0.816. The van der Waals surface area contributed by atoms with Crippen LogP contribution in [-0.4, -0.2) is 18.9 Å². The summed E-state index contributed by atoms with van der Waals surface area (Å²) < 4.78 is 23.5. The lowest BCUT2D eigenvalue weighted by Crippen LogP contribution is -2.33. The predicted octanol–water partition coefficient (Wildman–Crippen LogP) is 3.08. The third-order valence-corrected chi connectivity index (χ3v) is 5.74. The van der Waals surface area contributed by atoms with Gasteiger partial charge < -0.3 is 0 Å². The van der Waals surface area contributed by atoms with Gasteiger partial charge in [0.15, 0.2) is 9.84 Å². The lowest BCUT2D eigenvalue weighted by molar-refractivity contribution is 0.539. The van der Waals surface area contributed by atoms with Crippen LogP contribution in [0.25, 0.3) is 0 Å². The molecule has 0 bridgehead atoms. The van der Waals surface area contributed by atoms with Gasteiger partial charge in [0.05, 0.1) is 10.5 Å². The second kappa shape index (κ2) is 5.21. The molecule has 1 aromatic carbocycles.